The van der Waals surface area contributed by atoms with Crippen molar-refractivity contribution in [3.8, 4) is 56.6 Å². The Morgan fingerprint density at radius 1 is 0.405 bits per heavy atom. The first-order chi connectivity index (χ1) is 20.8. The van der Waals surface area contributed by atoms with Gasteiger partial charge in [0.2, 0.25) is 0 Å². The average molecular weight is 538 g/mol. The van der Waals surface area contributed by atoms with Gasteiger partial charge in [-0.25, -0.2) is 15.0 Å². The van der Waals surface area contributed by atoms with E-state index in [1.54, 1.807) is 0 Å². The van der Waals surface area contributed by atoms with Crippen molar-refractivity contribution in [2.24, 2.45) is 0 Å². The third-order valence-corrected chi connectivity index (χ3v) is 8.65. The highest BCUT2D eigenvalue weighted by Crippen LogP contribution is 2.63. The van der Waals surface area contributed by atoms with Gasteiger partial charge in [-0.05, 0) is 39.9 Å². The summed E-state index contributed by atoms with van der Waals surface area (Å²) in [5.74, 6) is 2.90. The standard InChI is InChI=1S/C38H23N3O/c1-3-11-24(12-4-1)35-39-36(25-13-5-2-6-14-25)41-37(40-35)26-19-20-28-27-15-7-9-17-30(27)38(33(28)23-26)31-18-10-8-16-29(31)34-32(38)21-22-42-34/h1-23H. The number of fused-ring (bicyclic) bond motifs is 10. The van der Waals surface area contributed by atoms with Crippen LogP contribution in [0.25, 0.3) is 56.6 Å². The van der Waals surface area contributed by atoms with Crippen LogP contribution in [0.2, 0.25) is 0 Å². The van der Waals surface area contributed by atoms with Gasteiger partial charge >= 0.3 is 0 Å². The summed E-state index contributed by atoms with van der Waals surface area (Å²) >= 11 is 0. The van der Waals surface area contributed by atoms with E-state index in [1.807, 2.05) is 66.9 Å². The predicted molar refractivity (Wildman–Crippen MR) is 165 cm³/mol. The van der Waals surface area contributed by atoms with Crippen molar-refractivity contribution < 1.29 is 4.42 Å². The minimum Gasteiger partial charge on any atom is -0.464 e. The number of hydrogen-bond acceptors (Lipinski definition) is 4. The lowest BCUT2D eigenvalue weighted by atomic mass is 9.71. The van der Waals surface area contributed by atoms with Gasteiger partial charge in [-0.1, -0.05) is 121 Å². The summed E-state index contributed by atoms with van der Waals surface area (Å²) in [7, 11) is 0. The molecule has 2 heterocycles. The van der Waals surface area contributed by atoms with E-state index in [1.165, 1.54) is 33.4 Å². The molecule has 0 bridgehead atoms. The maximum absolute atomic E-state index is 6.13. The highest BCUT2D eigenvalue weighted by atomic mass is 16.3. The van der Waals surface area contributed by atoms with E-state index in [0.717, 1.165) is 28.0 Å². The first-order valence-corrected chi connectivity index (χ1v) is 14.1. The van der Waals surface area contributed by atoms with Gasteiger partial charge in [0.15, 0.2) is 17.5 Å². The lowest BCUT2D eigenvalue weighted by Crippen LogP contribution is -2.25. The van der Waals surface area contributed by atoms with Crippen LogP contribution < -0.4 is 0 Å². The molecule has 0 saturated carbocycles. The Balaban J connectivity index is 1.32. The van der Waals surface area contributed by atoms with Crippen molar-refractivity contribution >= 4 is 0 Å². The summed E-state index contributed by atoms with van der Waals surface area (Å²) in [4.78, 5) is 14.9. The number of aromatic nitrogens is 3. The second-order valence-electron chi connectivity index (χ2n) is 10.8. The Morgan fingerprint density at radius 3 is 1.60 bits per heavy atom. The Kier molecular flexibility index (Phi) is 4.79. The van der Waals surface area contributed by atoms with Crippen LogP contribution in [0.3, 0.4) is 0 Å². The van der Waals surface area contributed by atoms with Crippen LogP contribution >= 0.6 is 0 Å². The van der Waals surface area contributed by atoms with Gasteiger partial charge in [0.05, 0.1) is 11.7 Å². The maximum atomic E-state index is 6.13. The molecule has 2 aromatic heterocycles. The summed E-state index contributed by atoms with van der Waals surface area (Å²) in [6, 6.07) is 46.4. The molecule has 4 nitrogen and oxygen atoms in total. The van der Waals surface area contributed by atoms with Crippen LogP contribution in [0.5, 0.6) is 0 Å². The molecule has 0 fully saturated rings. The van der Waals surface area contributed by atoms with Crippen LogP contribution in [0.4, 0.5) is 0 Å². The van der Waals surface area contributed by atoms with E-state index in [0.29, 0.717) is 17.5 Å². The second-order valence-corrected chi connectivity index (χ2v) is 10.8. The summed E-state index contributed by atoms with van der Waals surface area (Å²) in [5.41, 5.74) is 10.9. The largest absolute Gasteiger partial charge is 0.464 e. The maximum Gasteiger partial charge on any atom is 0.164 e. The van der Waals surface area contributed by atoms with Crippen molar-refractivity contribution in [1.29, 1.82) is 0 Å². The lowest BCUT2D eigenvalue weighted by Gasteiger charge is -2.29. The third kappa shape index (κ3) is 3.09. The molecule has 2 aliphatic rings. The minimum absolute atomic E-state index is 0.474. The van der Waals surface area contributed by atoms with Crippen LogP contribution in [-0.4, -0.2) is 15.0 Å². The molecule has 5 aromatic carbocycles. The Morgan fingerprint density at radius 2 is 0.929 bits per heavy atom. The van der Waals surface area contributed by atoms with E-state index < -0.39 is 5.41 Å². The molecular weight excluding hydrogens is 514 g/mol. The van der Waals surface area contributed by atoms with Gasteiger partial charge in [-0.15, -0.1) is 0 Å². The van der Waals surface area contributed by atoms with Crippen molar-refractivity contribution in [2.75, 3.05) is 0 Å². The number of furan rings is 1. The molecule has 42 heavy (non-hydrogen) atoms. The van der Waals surface area contributed by atoms with E-state index in [9.17, 15) is 0 Å². The molecule has 0 aliphatic heterocycles. The first-order valence-electron chi connectivity index (χ1n) is 14.1. The Labute approximate surface area is 243 Å². The first kappa shape index (κ1) is 23.1. The Hall–Kier alpha value is -5.61. The van der Waals surface area contributed by atoms with Gasteiger partial charge in [-0.3, -0.25) is 0 Å². The summed E-state index contributed by atoms with van der Waals surface area (Å²) in [5, 5.41) is 0. The predicted octanol–water partition coefficient (Wildman–Crippen LogP) is 8.81. The summed E-state index contributed by atoms with van der Waals surface area (Å²) in [6.07, 6.45) is 1.82. The summed E-state index contributed by atoms with van der Waals surface area (Å²) < 4.78 is 6.13. The smallest absolute Gasteiger partial charge is 0.164 e. The highest BCUT2D eigenvalue weighted by molar-refractivity contribution is 5.94. The zero-order chi connectivity index (χ0) is 27.7. The van der Waals surface area contributed by atoms with Crippen LogP contribution in [-0.2, 0) is 5.41 Å². The minimum atomic E-state index is -0.474. The number of hydrogen-bond donors (Lipinski definition) is 0. The Bertz CT molecular complexity index is 2090. The average Bonchev–Trinajstić information content (AvgIpc) is 3.74. The molecule has 0 amide bonds. The van der Waals surface area contributed by atoms with Gasteiger partial charge in [-0.2, -0.15) is 0 Å². The molecule has 4 heteroatoms. The number of rotatable bonds is 3. The molecule has 2 aliphatic carbocycles. The fourth-order valence-electron chi connectivity index (χ4n) is 6.90. The van der Waals surface area contributed by atoms with Crippen LogP contribution in [0.15, 0.2) is 144 Å². The lowest BCUT2D eigenvalue weighted by molar-refractivity contribution is 0.581. The molecule has 9 rings (SSSR count). The van der Waals surface area contributed by atoms with Gasteiger partial charge in [0.25, 0.3) is 0 Å². The van der Waals surface area contributed by atoms with E-state index in [-0.39, 0.29) is 0 Å². The molecule has 0 saturated heterocycles. The van der Waals surface area contributed by atoms with E-state index in [4.69, 9.17) is 19.4 Å². The van der Waals surface area contributed by atoms with Crippen molar-refractivity contribution in [2.45, 2.75) is 5.41 Å². The van der Waals surface area contributed by atoms with Crippen molar-refractivity contribution in [3.63, 3.8) is 0 Å². The van der Waals surface area contributed by atoms with E-state index in [2.05, 4.69) is 72.8 Å². The highest BCUT2D eigenvalue weighted by Gasteiger charge is 2.53. The number of nitrogens with zero attached hydrogens (tertiary/aromatic N) is 3. The molecule has 0 radical (unpaired) electrons. The third-order valence-electron chi connectivity index (χ3n) is 8.65. The van der Waals surface area contributed by atoms with Gasteiger partial charge < -0.3 is 4.42 Å². The van der Waals surface area contributed by atoms with Gasteiger partial charge in [0.1, 0.15) is 5.76 Å². The van der Waals surface area contributed by atoms with E-state index >= 15 is 0 Å². The van der Waals surface area contributed by atoms with Crippen LogP contribution in [0.1, 0.15) is 22.3 Å². The fraction of sp³-hybridized carbons (Fsp3) is 0.0263. The van der Waals surface area contributed by atoms with Gasteiger partial charge in [0, 0.05) is 27.8 Å². The van der Waals surface area contributed by atoms with Crippen LogP contribution in [0, 0.1) is 0 Å². The van der Waals surface area contributed by atoms with Crippen molar-refractivity contribution in [1.82, 2.24) is 15.0 Å². The second kappa shape index (κ2) is 8.69. The molecule has 1 unspecified atom stereocenters. The molecular formula is C38H23N3O. The summed E-state index contributed by atoms with van der Waals surface area (Å²) in [6.45, 7) is 0. The molecule has 0 N–H and O–H groups in total. The zero-order valence-corrected chi connectivity index (χ0v) is 22.5. The quantitative estimate of drug-likeness (QED) is 0.226. The zero-order valence-electron chi connectivity index (χ0n) is 22.5. The number of benzene rings is 5. The molecule has 1 atom stereocenters. The topological polar surface area (TPSA) is 51.8 Å². The molecule has 7 aromatic rings. The SMILES string of the molecule is c1ccc(-c2nc(-c3ccccc3)nc(-c3ccc4c(c3)C3(c5ccccc5-4)c4ccccc4-c4occc43)n2)cc1. The molecule has 196 valence electrons. The van der Waals surface area contributed by atoms with Crippen molar-refractivity contribution in [3.05, 3.63) is 162 Å². The molecule has 1 spiro atoms. The normalized spacial score (nSPS) is 15.7. The fourth-order valence-corrected chi connectivity index (χ4v) is 6.90. The monoisotopic (exact) mass is 537 g/mol.